The highest BCUT2D eigenvalue weighted by molar-refractivity contribution is 5.78. The van der Waals surface area contributed by atoms with Gasteiger partial charge in [0.05, 0.1) is 12.1 Å². The quantitative estimate of drug-likeness (QED) is 0.755. The van der Waals surface area contributed by atoms with Gasteiger partial charge in [0.25, 0.3) is 0 Å². The van der Waals surface area contributed by atoms with Gasteiger partial charge in [-0.05, 0) is 38.5 Å². The number of nitrogens with zero attached hydrogens (tertiary/aromatic N) is 1. The van der Waals surface area contributed by atoms with Crippen molar-refractivity contribution in [3.8, 4) is 0 Å². The van der Waals surface area contributed by atoms with Gasteiger partial charge in [-0.15, -0.1) is 0 Å². The lowest BCUT2D eigenvalue weighted by molar-refractivity contribution is -0.131. The summed E-state index contributed by atoms with van der Waals surface area (Å²) in [6.45, 7) is 8.61. The van der Waals surface area contributed by atoms with Gasteiger partial charge in [0.15, 0.2) is 0 Å². The fourth-order valence-electron chi connectivity index (χ4n) is 2.65. The molecule has 18 heavy (non-hydrogen) atoms. The molecule has 1 fully saturated rings. The maximum Gasteiger partial charge on any atom is 0.236 e. The topological polar surface area (TPSA) is 52.6 Å². The smallest absolute Gasteiger partial charge is 0.236 e. The van der Waals surface area contributed by atoms with Crippen molar-refractivity contribution in [2.24, 2.45) is 5.92 Å². The van der Waals surface area contributed by atoms with Crippen LogP contribution in [0.3, 0.4) is 0 Å². The zero-order valence-corrected chi connectivity index (χ0v) is 12.0. The number of amides is 1. The summed E-state index contributed by atoms with van der Waals surface area (Å²) in [4.78, 5) is 13.8. The van der Waals surface area contributed by atoms with Crippen molar-refractivity contribution in [1.29, 1.82) is 0 Å². The van der Waals surface area contributed by atoms with Crippen LogP contribution in [0.1, 0.15) is 46.5 Å². The number of carbonyl (C=O) groups is 1. The number of likely N-dealkylation sites (tertiary alicyclic amines) is 1. The summed E-state index contributed by atoms with van der Waals surface area (Å²) in [6, 6.07) is 0. The van der Waals surface area contributed by atoms with Gasteiger partial charge in [-0.25, -0.2) is 0 Å². The molecule has 4 nitrogen and oxygen atoms in total. The van der Waals surface area contributed by atoms with E-state index in [4.69, 9.17) is 0 Å². The molecule has 106 valence electrons. The van der Waals surface area contributed by atoms with Crippen molar-refractivity contribution in [3.63, 3.8) is 0 Å². The fourth-order valence-corrected chi connectivity index (χ4v) is 2.65. The highest BCUT2D eigenvalue weighted by Gasteiger charge is 2.22. The third kappa shape index (κ3) is 5.83. The molecule has 1 aliphatic rings. The van der Waals surface area contributed by atoms with Crippen molar-refractivity contribution < 1.29 is 9.90 Å². The second-order valence-electron chi connectivity index (χ2n) is 6.14. The average Bonchev–Trinajstić information content (AvgIpc) is 2.28. The number of hydrogen-bond donors (Lipinski definition) is 2. The van der Waals surface area contributed by atoms with Crippen LogP contribution >= 0.6 is 0 Å². The SMILES string of the molecule is CC(C)CC(C)(O)CNCC(=O)N1CCCCC1. The summed E-state index contributed by atoms with van der Waals surface area (Å²) >= 11 is 0. The molecule has 1 unspecified atom stereocenters. The van der Waals surface area contributed by atoms with Gasteiger partial charge >= 0.3 is 0 Å². The van der Waals surface area contributed by atoms with Crippen LogP contribution in [0.25, 0.3) is 0 Å². The summed E-state index contributed by atoms with van der Waals surface area (Å²) in [5.41, 5.74) is -0.726. The lowest BCUT2D eigenvalue weighted by atomic mass is 9.94. The van der Waals surface area contributed by atoms with E-state index in [9.17, 15) is 9.90 Å². The molecular weight excluding hydrogens is 228 g/mol. The van der Waals surface area contributed by atoms with Gasteiger partial charge in [-0.1, -0.05) is 13.8 Å². The lowest BCUT2D eigenvalue weighted by Crippen LogP contribution is -2.45. The highest BCUT2D eigenvalue weighted by Crippen LogP contribution is 2.15. The predicted octanol–water partition coefficient (Wildman–Crippen LogP) is 1.39. The first-order chi connectivity index (χ1) is 8.41. The van der Waals surface area contributed by atoms with Gasteiger partial charge in [0.1, 0.15) is 0 Å². The standard InChI is InChI=1S/C14H28N2O2/c1-12(2)9-14(3,18)11-15-10-13(17)16-7-5-4-6-8-16/h12,15,18H,4-11H2,1-3H3. The maximum atomic E-state index is 11.9. The Morgan fingerprint density at radius 1 is 1.33 bits per heavy atom. The number of nitrogens with one attached hydrogen (secondary N) is 1. The molecule has 0 saturated carbocycles. The maximum absolute atomic E-state index is 11.9. The van der Waals surface area contributed by atoms with Gasteiger partial charge in [0, 0.05) is 19.6 Å². The Hall–Kier alpha value is -0.610. The van der Waals surface area contributed by atoms with Crippen LogP contribution in [0.15, 0.2) is 0 Å². The van der Waals surface area contributed by atoms with E-state index in [-0.39, 0.29) is 5.91 Å². The first-order valence-corrected chi connectivity index (χ1v) is 7.11. The van der Waals surface area contributed by atoms with Crippen LogP contribution in [-0.2, 0) is 4.79 Å². The Labute approximate surface area is 111 Å². The second kappa shape index (κ2) is 7.10. The Kier molecular flexibility index (Phi) is 6.09. The molecule has 0 radical (unpaired) electrons. The highest BCUT2D eigenvalue weighted by atomic mass is 16.3. The number of piperidine rings is 1. The zero-order chi connectivity index (χ0) is 13.6. The van der Waals surface area contributed by atoms with Crippen LogP contribution in [0.4, 0.5) is 0 Å². The largest absolute Gasteiger partial charge is 0.389 e. The molecule has 0 aliphatic carbocycles. The normalized spacial score (nSPS) is 19.9. The van der Waals surface area contributed by atoms with E-state index >= 15 is 0 Å². The Bertz CT molecular complexity index is 259. The molecule has 1 saturated heterocycles. The van der Waals surface area contributed by atoms with Crippen LogP contribution in [0.5, 0.6) is 0 Å². The molecular formula is C14H28N2O2. The van der Waals surface area contributed by atoms with Gasteiger partial charge in [-0.3, -0.25) is 4.79 Å². The molecule has 1 aliphatic heterocycles. The van der Waals surface area contributed by atoms with E-state index in [1.165, 1.54) is 6.42 Å². The second-order valence-corrected chi connectivity index (χ2v) is 6.14. The first-order valence-electron chi connectivity index (χ1n) is 7.11. The minimum atomic E-state index is -0.726. The van der Waals surface area contributed by atoms with E-state index in [0.717, 1.165) is 32.4 Å². The summed E-state index contributed by atoms with van der Waals surface area (Å²) in [7, 11) is 0. The molecule has 1 heterocycles. The number of carbonyl (C=O) groups excluding carboxylic acids is 1. The molecule has 0 spiro atoms. The van der Waals surface area contributed by atoms with Crippen LogP contribution in [0.2, 0.25) is 0 Å². The average molecular weight is 256 g/mol. The van der Waals surface area contributed by atoms with E-state index in [1.807, 2.05) is 11.8 Å². The monoisotopic (exact) mass is 256 g/mol. The Morgan fingerprint density at radius 3 is 2.50 bits per heavy atom. The molecule has 0 aromatic carbocycles. The summed E-state index contributed by atoms with van der Waals surface area (Å²) in [5, 5.41) is 13.2. The van der Waals surface area contributed by atoms with Gasteiger partial charge in [-0.2, -0.15) is 0 Å². The Balaban J connectivity index is 2.21. The molecule has 1 atom stereocenters. The molecule has 0 bridgehead atoms. The molecule has 0 aromatic heterocycles. The number of rotatable bonds is 6. The van der Waals surface area contributed by atoms with Crippen molar-refractivity contribution in [2.45, 2.75) is 52.1 Å². The number of hydrogen-bond acceptors (Lipinski definition) is 3. The van der Waals surface area contributed by atoms with Crippen LogP contribution in [-0.4, -0.2) is 47.7 Å². The van der Waals surface area contributed by atoms with E-state index < -0.39 is 5.60 Å². The molecule has 4 heteroatoms. The van der Waals surface area contributed by atoms with Crippen molar-refractivity contribution in [2.75, 3.05) is 26.2 Å². The minimum absolute atomic E-state index is 0.162. The minimum Gasteiger partial charge on any atom is -0.389 e. The first kappa shape index (κ1) is 15.4. The van der Waals surface area contributed by atoms with Crippen molar-refractivity contribution >= 4 is 5.91 Å². The van der Waals surface area contributed by atoms with Crippen molar-refractivity contribution in [1.82, 2.24) is 10.2 Å². The molecule has 2 N–H and O–H groups in total. The zero-order valence-electron chi connectivity index (χ0n) is 12.0. The van der Waals surface area contributed by atoms with E-state index in [0.29, 0.717) is 19.0 Å². The molecule has 0 aromatic rings. The van der Waals surface area contributed by atoms with Crippen LogP contribution in [0, 0.1) is 5.92 Å². The molecule has 1 amide bonds. The number of aliphatic hydroxyl groups is 1. The van der Waals surface area contributed by atoms with Gasteiger partial charge < -0.3 is 15.3 Å². The fraction of sp³-hybridized carbons (Fsp3) is 0.929. The van der Waals surface area contributed by atoms with E-state index in [2.05, 4.69) is 19.2 Å². The molecule has 1 rings (SSSR count). The summed E-state index contributed by atoms with van der Waals surface area (Å²) in [6.07, 6.45) is 4.23. The Morgan fingerprint density at radius 2 is 1.94 bits per heavy atom. The third-order valence-electron chi connectivity index (χ3n) is 3.34. The summed E-state index contributed by atoms with van der Waals surface area (Å²) < 4.78 is 0. The predicted molar refractivity (Wildman–Crippen MR) is 73.4 cm³/mol. The summed E-state index contributed by atoms with van der Waals surface area (Å²) in [5.74, 6) is 0.620. The van der Waals surface area contributed by atoms with Gasteiger partial charge in [0.2, 0.25) is 5.91 Å². The van der Waals surface area contributed by atoms with E-state index in [1.54, 1.807) is 0 Å². The third-order valence-corrected chi connectivity index (χ3v) is 3.34. The lowest BCUT2D eigenvalue weighted by Gasteiger charge is -2.28. The van der Waals surface area contributed by atoms with Crippen LogP contribution < -0.4 is 5.32 Å². The van der Waals surface area contributed by atoms with Crippen molar-refractivity contribution in [3.05, 3.63) is 0 Å².